The van der Waals surface area contributed by atoms with Crippen molar-refractivity contribution in [1.29, 1.82) is 0 Å². The first-order valence-corrected chi connectivity index (χ1v) is 6.66. The zero-order valence-corrected chi connectivity index (χ0v) is 10.9. The lowest BCUT2D eigenvalue weighted by Gasteiger charge is -2.06. The average Bonchev–Trinajstić information content (AvgIpc) is 3.01. The largest absolute Gasteiger partial charge is 0.351 e. The minimum Gasteiger partial charge on any atom is -0.351 e. The molecule has 1 aliphatic carbocycles. The number of hydrogen-bond acceptors (Lipinski definition) is 0. The summed E-state index contributed by atoms with van der Waals surface area (Å²) in [6.45, 7) is 0. The van der Waals surface area contributed by atoms with Crippen LogP contribution in [0.3, 0.4) is 0 Å². The Morgan fingerprint density at radius 1 is 0.842 bits per heavy atom. The van der Waals surface area contributed by atoms with E-state index < -0.39 is 0 Å². The second-order valence-electron chi connectivity index (χ2n) is 5.21. The summed E-state index contributed by atoms with van der Waals surface area (Å²) in [7, 11) is 2.09. The van der Waals surface area contributed by atoms with Gasteiger partial charge in [-0.2, -0.15) is 0 Å². The maximum Gasteiger partial charge on any atom is 0.0477 e. The van der Waals surface area contributed by atoms with E-state index in [1.165, 1.54) is 33.5 Å². The van der Waals surface area contributed by atoms with Gasteiger partial charge in [-0.15, -0.1) is 0 Å². The SMILES string of the molecule is Cn1cccc1-c1ccc2c(c1)Cc1ccccc1-2. The van der Waals surface area contributed by atoms with E-state index in [9.17, 15) is 0 Å². The Balaban J connectivity index is 1.86. The molecule has 0 atom stereocenters. The molecule has 1 heterocycles. The molecule has 0 saturated carbocycles. The number of fused-ring (bicyclic) bond motifs is 3. The van der Waals surface area contributed by atoms with Crippen LogP contribution in [0.15, 0.2) is 60.8 Å². The molecular formula is C18H15N. The van der Waals surface area contributed by atoms with Gasteiger partial charge >= 0.3 is 0 Å². The van der Waals surface area contributed by atoms with Gasteiger partial charge in [0.25, 0.3) is 0 Å². The highest BCUT2D eigenvalue weighted by Gasteiger charge is 2.18. The van der Waals surface area contributed by atoms with Crippen molar-refractivity contribution in [3.63, 3.8) is 0 Å². The highest BCUT2D eigenvalue weighted by Crippen LogP contribution is 2.38. The molecule has 92 valence electrons. The molecule has 2 aromatic carbocycles. The molecule has 0 saturated heterocycles. The maximum atomic E-state index is 2.34. The number of aryl methyl sites for hydroxylation is 1. The minimum absolute atomic E-state index is 1.06. The fourth-order valence-corrected chi connectivity index (χ4v) is 3.07. The van der Waals surface area contributed by atoms with Crippen molar-refractivity contribution >= 4 is 0 Å². The predicted octanol–water partition coefficient (Wildman–Crippen LogP) is 4.26. The lowest BCUT2D eigenvalue weighted by Crippen LogP contribution is -1.90. The molecule has 0 N–H and O–H groups in total. The minimum atomic E-state index is 1.06. The van der Waals surface area contributed by atoms with Gasteiger partial charge in [0.05, 0.1) is 0 Å². The van der Waals surface area contributed by atoms with Crippen LogP contribution in [0, 0.1) is 0 Å². The molecule has 0 radical (unpaired) electrons. The molecule has 1 aliphatic rings. The molecule has 0 fully saturated rings. The summed E-state index contributed by atoms with van der Waals surface area (Å²) in [5, 5.41) is 0. The van der Waals surface area contributed by atoms with E-state index in [1.807, 2.05) is 0 Å². The predicted molar refractivity (Wildman–Crippen MR) is 79.1 cm³/mol. The van der Waals surface area contributed by atoms with Crippen molar-refractivity contribution in [2.45, 2.75) is 6.42 Å². The molecule has 3 aromatic rings. The quantitative estimate of drug-likeness (QED) is 0.472. The van der Waals surface area contributed by atoms with Gasteiger partial charge in [-0.25, -0.2) is 0 Å². The summed E-state index contributed by atoms with van der Waals surface area (Å²) < 4.78 is 2.17. The van der Waals surface area contributed by atoms with E-state index in [-0.39, 0.29) is 0 Å². The number of aromatic nitrogens is 1. The van der Waals surface area contributed by atoms with Gasteiger partial charge in [0.1, 0.15) is 0 Å². The van der Waals surface area contributed by atoms with Crippen LogP contribution in [-0.2, 0) is 13.5 Å². The molecule has 0 aliphatic heterocycles. The molecule has 0 amide bonds. The van der Waals surface area contributed by atoms with Gasteiger partial charge in [-0.3, -0.25) is 0 Å². The Labute approximate surface area is 113 Å². The number of benzene rings is 2. The Morgan fingerprint density at radius 2 is 1.68 bits per heavy atom. The summed E-state index contributed by atoms with van der Waals surface area (Å²) in [5.41, 5.74) is 8.27. The fraction of sp³-hybridized carbons (Fsp3) is 0.111. The molecule has 1 aromatic heterocycles. The molecule has 1 nitrogen and oxygen atoms in total. The Bertz CT molecular complexity index is 765. The second kappa shape index (κ2) is 3.86. The first kappa shape index (κ1) is 10.6. The summed E-state index contributed by atoms with van der Waals surface area (Å²) >= 11 is 0. The summed E-state index contributed by atoms with van der Waals surface area (Å²) in [6.07, 6.45) is 3.15. The highest BCUT2D eigenvalue weighted by molar-refractivity contribution is 5.79. The average molecular weight is 245 g/mol. The molecule has 19 heavy (non-hydrogen) atoms. The molecule has 1 heteroatoms. The van der Waals surface area contributed by atoms with Crippen LogP contribution in [0.2, 0.25) is 0 Å². The zero-order valence-electron chi connectivity index (χ0n) is 10.9. The van der Waals surface area contributed by atoms with Gasteiger partial charge in [-0.05, 0) is 52.4 Å². The first-order valence-electron chi connectivity index (χ1n) is 6.66. The van der Waals surface area contributed by atoms with Crippen LogP contribution < -0.4 is 0 Å². The lowest BCUT2D eigenvalue weighted by atomic mass is 10.0. The van der Waals surface area contributed by atoms with Gasteiger partial charge in [0.15, 0.2) is 0 Å². The van der Waals surface area contributed by atoms with Crippen LogP contribution in [0.25, 0.3) is 22.4 Å². The number of hydrogen-bond donors (Lipinski definition) is 0. The molecule has 4 rings (SSSR count). The van der Waals surface area contributed by atoms with E-state index in [1.54, 1.807) is 0 Å². The van der Waals surface area contributed by atoms with Gasteiger partial charge in [-0.1, -0.05) is 36.4 Å². The monoisotopic (exact) mass is 245 g/mol. The first-order chi connectivity index (χ1) is 9.33. The third kappa shape index (κ3) is 1.55. The standard InChI is InChI=1S/C18H15N/c1-19-10-4-7-18(19)14-8-9-17-15(12-14)11-13-5-2-3-6-16(13)17/h2-10,12H,11H2,1H3. The van der Waals surface area contributed by atoms with Gasteiger partial charge in [0, 0.05) is 18.9 Å². The Morgan fingerprint density at radius 3 is 2.53 bits per heavy atom. The number of nitrogens with zero attached hydrogens (tertiary/aromatic N) is 1. The second-order valence-corrected chi connectivity index (χ2v) is 5.21. The fourth-order valence-electron chi connectivity index (χ4n) is 3.07. The van der Waals surface area contributed by atoms with E-state index in [0.29, 0.717) is 0 Å². The molecule has 0 unspecified atom stereocenters. The third-order valence-corrected chi connectivity index (χ3v) is 4.03. The summed E-state index contributed by atoms with van der Waals surface area (Å²) in [5.74, 6) is 0. The van der Waals surface area contributed by atoms with Crippen molar-refractivity contribution in [3.05, 3.63) is 71.9 Å². The van der Waals surface area contributed by atoms with Gasteiger partial charge in [0.2, 0.25) is 0 Å². The molecule has 0 spiro atoms. The molecular weight excluding hydrogens is 230 g/mol. The van der Waals surface area contributed by atoms with Crippen molar-refractivity contribution < 1.29 is 0 Å². The Kier molecular flexibility index (Phi) is 2.16. The van der Waals surface area contributed by atoms with Crippen molar-refractivity contribution in [3.8, 4) is 22.4 Å². The Hall–Kier alpha value is -2.28. The zero-order chi connectivity index (χ0) is 12.8. The topological polar surface area (TPSA) is 4.93 Å². The van der Waals surface area contributed by atoms with Gasteiger partial charge < -0.3 is 4.57 Å². The number of rotatable bonds is 1. The van der Waals surface area contributed by atoms with Crippen LogP contribution in [0.4, 0.5) is 0 Å². The van der Waals surface area contributed by atoms with E-state index >= 15 is 0 Å². The third-order valence-electron chi connectivity index (χ3n) is 4.03. The van der Waals surface area contributed by atoms with Crippen LogP contribution in [-0.4, -0.2) is 4.57 Å². The summed E-state index contributed by atoms with van der Waals surface area (Å²) in [6, 6.07) is 19.8. The maximum absolute atomic E-state index is 2.34. The van der Waals surface area contributed by atoms with Crippen LogP contribution in [0.1, 0.15) is 11.1 Å². The smallest absolute Gasteiger partial charge is 0.0477 e. The summed E-state index contributed by atoms with van der Waals surface area (Å²) in [4.78, 5) is 0. The normalized spacial score (nSPS) is 12.3. The van der Waals surface area contributed by atoms with Crippen LogP contribution in [0.5, 0.6) is 0 Å². The van der Waals surface area contributed by atoms with Crippen molar-refractivity contribution in [2.24, 2.45) is 7.05 Å². The van der Waals surface area contributed by atoms with Crippen LogP contribution >= 0.6 is 0 Å². The van der Waals surface area contributed by atoms with E-state index in [0.717, 1.165) is 6.42 Å². The van der Waals surface area contributed by atoms with Crippen molar-refractivity contribution in [2.75, 3.05) is 0 Å². The highest BCUT2D eigenvalue weighted by atomic mass is 14.9. The van der Waals surface area contributed by atoms with E-state index in [4.69, 9.17) is 0 Å². The molecule has 0 bridgehead atoms. The lowest BCUT2D eigenvalue weighted by molar-refractivity contribution is 0.937. The van der Waals surface area contributed by atoms with E-state index in [2.05, 4.69) is 72.4 Å². The van der Waals surface area contributed by atoms with Crippen molar-refractivity contribution in [1.82, 2.24) is 4.57 Å².